The number of hydrogen-bond donors (Lipinski definition) is 0. The molecule has 0 saturated carbocycles. The molecule has 0 radical (unpaired) electrons. The summed E-state index contributed by atoms with van der Waals surface area (Å²) >= 11 is 0. The maximum Gasteiger partial charge on any atom is 0.269 e. The van der Waals surface area contributed by atoms with Crippen molar-refractivity contribution in [2.75, 3.05) is 20.1 Å². The molecule has 0 aliphatic carbocycles. The molecule has 1 fully saturated rings. The Balaban J connectivity index is 2.04. The first-order chi connectivity index (χ1) is 8.97. The van der Waals surface area contributed by atoms with Crippen LogP contribution in [0.15, 0.2) is 24.3 Å². The second-order valence-electron chi connectivity index (χ2n) is 4.96. The van der Waals surface area contributed by atoms with Gasteiger partial charge in [-0.25, -0.2) is 0 Å². The normalized spacial score (nSPS) is 20.6. The van der Waals surface area contributed by atoms with Crippen molar-refractivity contribution in [1.82, 2.24) is 9.80 Å². The molecule has 1 aliphatic heterocycles. The molecule has 19 heavy (non-hydrogen) atoms. The van der Waals surface area contributed by atoms with Crippen LogP contribution in [0.3, 0.4) is 0 Å². The van der Waals surface area contributed by atoms with Gasteiger partial charge in [-0.05, 0) is 19.5 Å². The molecule has 0 bridgehead atoms. The molecular formula is C13H17N3O3. The smallest absolute Gasteiger partial charge is 0.269 e. The number of nitro groups is 1. The number of amides is 1. The molecule has 6 nitrogen and oxygen atoms in total. The molecule has 2 rings (SSSR count). The lowest BCUT2D eigenvalue weighted by molar-refractivity contribution is -0.384. The number of benzene rings is 1. The van der Waals surface area contributed by atoms with Crippen molar-refractivity contribution in [2.45, 2.75) is 19.5 Å². The minimum Gasteiger partial charge on any atom is -0.336 e. The lowest BCUT2D eigenvalue weighted by Gasteiger charge is -2.37. The first-order valence-electron chi connectivity index (χ1n) is 6.18. The van der Waals surface area contributed by atoms with Gasteiger partial charge in [-0.15, -0.1) is 0 Å². The van der Waals surface area contributed by atoms with E-state index in [1.807, 2.05) is 11.9 Å². The molecule has 1 aromatic carbocycles. The highest BCUT2D eigenvalue weighted by molar-refractivity contribution is 5.79. The number of nitro benzene ring substituents is 1. The summed E-state index contributed by atoms with van der Waals surface area (Å²) in [6.45, 7) is 3.70. The van der Waals surface area contributed by atoms with E-state index in [4.69, 9.17) is 0 Å². The van der Waals surface area contributed by atoms with Gasteiger partial charge in [0.15, 0.2) is 0 Å². The number of non-ortho nitro benzene ring substituents is 1. The van der Waals surface area contributed by atoms with Crippen LogP contribution >= 0.6 is 0 Å². The Morgan fingerprint density at radius 1 is 1.37 bits per heavy atom. The second kappa shape index (κ2) is 5.36. The van der Waals surface area contributed by atoms with Gasteiger partial charge in [0, 0.05) is 31.3 Å². The zero-order chi connectivity index (χ0) is 14.0. The monoisotopic (exact) mass is 263 g/mol. The van der Waals surface area contributed by atoms with Gasteiger partial charge in [0.05, 0.1) is 11.5 Å². The van der Waals surface area contributed by atoms with Crippen LogP contribution in [0.4, 0.5) is 5.69 Å². The molecule has 1 atom stereocenters. The molecule has 1 unspecified atom stereocenters. The van der Waals surface area contributed by atoms with Crippen molar-refractivity contribution in [3.05, 3.63) is 39.9 Å². The number of hydrogen-bond acceptors (Lipinski definition) is 4. The molecule has 1 heterocycles. The molecule has 0 spiro atoms. The van der Waals surface area contributed by atoms with Crippen LogP contribution in [0, 0.1) is 10.1 Å². The minimum absolute atomic E-state index is 0.0711. The minimum atomic E-state index is -0.424. The Morgan fingerprint density at radius 2 is 2.00 bits per heavy atom. The van der Waals surface area contributed by atoms with E-state index < -0.39 is 4.92 Å². The molecule has 102 valence electrons. The summed E-state index contributed by atoms with van der Waals surface area (Å²) in [6, 6.07) is 6.68. The van der Waals surface area contributed by atoms with Crippen LogP contribution in [0.1, 0.15) is 12.5 Å². The number of rotatable bonds is 3. The average molecular weight is 263 g/mol. The van der Waals surface area contributed by atoms with E-state index in [1.165, 1.54) is 12.1 Å². The van der Waals surface area contributed by atoms with Crippen molar-refractivity contribution < 1.29 is 9.72 Å². The van der Waals surface area contributed by atoms with Gasteiger partial charge < -0.3 is 4.90 Å². The van der Waals surface area contributed by atoms with Crippen LogP contribution in [0.25, 0.3) is 0 Å². The Labute approximate surface area is 111 Å². The fraction of sp³-hybridized carbons (Fsp3) is 0.462. The van der Waals surface area contributed by atoms with Gasteiger partial charge in [0.2, 0.25) is 5.91 Å². The molecule has 1 amide bonds. The first kappa shape index (κ1) is 13.5. The molecule has 1 saturated heterocycles. The molecule has 1 aliphatic rings. The fourth-order valence-electron chi connectivity index (χ4n) is 2.13. The summed E-state index contributed by atoms with van der Waals surface area (Å²) in [5, 5.41) is 10.6. The highest BCUT2D eigenvalue weighted by Gasteiger charge is 2.26. The summed E-state index contributed by atoms with van der Waals surface area (Å²) in [4.78, 5) is 25.9. The SMILES string of the molecule is CC1CN(Cc2ccc([N+](=O)[O-])cc2)C(=O)CN1C. The third kappa shape index (κ3) is 3.08. The van der Waals surface area contributed by atoms with E-state index in [0.29, 0.717) is 25.7 Å². The van der Waals surface area contributed by atoms with Gasteiger partial charge in [-0.3, -0.25) is 19.8 Å². The maximum atomic E-state index is 11.9. The van der Waals surface area contributed by atoms with E-state index in [2.05, 4.69) is 6.92 Å². The summed E-state index contributed by atoms with van der Waals surface area (Å²) < 4.78 is 0. The van der Waals surface area contributed by atoms with Crippen molar-refractivity contribution in [3.8, 4) is 0 Å². The highest BCUT2D eigenvalue weighted by atomic mass is 16.6. The van der Waals surface area contributed by atoms with Crippen LogP contribution < -0.4 is 0 Å². The molecule has 0 N–H and O–H groups in total. The lowest BCUT2D eigenvalue weighted by atomic mass is 10.1. The van der Waals surface area contributed by atoms with Crippen LogP contribution in [-0.4, -0.2) is 46.8 Å². The van der Waals surface area contributed by atoms with Crippen LogP contribution in [0.2, 0.25) is 0 Å². The lowest BCUT2D eigenvalue weighted by Crippen LogP contribution is -2.53. The topological polar surface area (TPSA) is 66.7 Å². The molecular weight excluding hydrogens is 246 g/mol. The quantitative estimate of drug-likeness (QED) is 0.608. The third-order valence-electron chi connectivity index (χ3n) is 3.50. The number of nitrogens with zero attached hydrogens (tertiary/aromatic N) is 3. The predicted molar refractivity (Wildman–Crippen MR) is 70.6 cm³/mol. The van der Waals surface area contributed by atoms with Gasteiger partial charge in [0.1, 0.15) is 0 Å². The highest BCUT2D eigenvalue weighted by Crippen LogP contribution is 2.16. The summed E-state index contributed by atoms with van der Waals surface area (Å²) in [7, 11) is 1.94. The maximum absolute atomic E-state index is 11.9. The van der Waals surface area contributed by atoms with E-state index >= 15 is 0 Å². The predicted octanol–water partition coefficient (Wildman–Crippen LogP) is 1.26. The van der Waals surface area contributed by atoms with Crippen molar-refractivity contribution in [2.24, 2.45) is 0 Å². The Hall–Kier alpha value is -1.95. The average Bonchev–Trinajstić information content (AvgIpc) is 2.36. The van der Waals surface area contributed by atoms with E-state index in [1.54, 1.807) is 17.0 Å². The van der Waals surface area contributed by atoms with Crippen molar-refractivity contribution >= 4 is 11.6 Å². The number of carbonyl (C=O) groups is 1. The van der Waals surface area contributed by atoms with Gasteiger partial charge in [-0.1, -0.05) is 12.1 Å². The van der Waals surface area contributed by atoms with E-state index in [-0.39, 0.29) is 11.6 Å². The largest absolute Gasteiger partial charge is 0.336 e. The van der Waals surface area contributed by atoms with Crippen LogP contribution in [0.5, 0.6) is 0 Å². The Morgan fingerprint density at radius 3 is 2.58 bits per heavy atom. The molecule has 6 heteroatoms. The Kier molecular flexibility index (Phi) is 3.80. The zero-order valence-electron chi connectivity index (χ0n) is 11.1. The van der Waals surface area contributed by atoms with Crippen molar-refractivity contribution in [1.29, 1.82) is 0 Å². The van der Waals surface area contributed by atoms with Gasteiger partial charge >= 0.3 is 0 Å². The number of likely N-dealkylation sites (N-methyl/N-ethyl adjacent to an activating group) is 1. The third-order valence-corrected chi connectivity index (χ3v) is 3.50. The number of carbonyl (C=O) groups excluding carboxylic acids is 1. The zero-order valence-corrected chi connectivity index (χ0v) is 11.1. The van der Waals surface area contributed by atoms with Gasteiger partial charge in [-0.2, -0.15) is 0 Å². The standard InChI is InChI=1S/C13H17N3O3/c1-10-7-15(13(17)9-14(10)2)8-11-3-5-12(6-4-11)16(18)19/h3-6,10H,7-9H2,1-2H3. The fourth-order valence-corrected chi connectivity index (χ4v) is 2.13. The van der Waals surface area contributed by atoms with Crippen molar-refractivity contribution in [3.63, 3.8) is 0 Å². The molecule has 1 aromatic rings. The molecule has 0 aromatic heterocycles. The van der Waals surface area contributed by atoms with Crippen LogP contribution in [-0.2, 0) is 11.3 Å². The summed E-state index contributed by atoms with van der Waals surface area (Å²) in [5.41, 5.74) is 0.984. The van der Waals surface area contributed by atoms with Gasteiger partial charge in [0.25, 0.3) is 5.69 Å². The summed E-state index contributed by atoms with van der Waals surface area (Å²) in [5.74, 6) is 0.0963. The van der Waals surface area contributed by atoms with E-state index in [0.717, 1.165) is 5.56 Å². The second-order valence-corrected chi connectivity index (χ2v) is 4.96. The number of piperazine rings is 1. The summed E-state index contributed by atoms with van der Waals surface area (Å²) in [6.07, 6.45) is 0. The Bertz CT molecular complexity index is 486. The van der Waals surface area contributed by atoms with E-state index in [9.17, 15) is 14.9 Å². The first-order valence-corrected chi connectivity index (χ1v) is 6.18.